The van der Waals surface area contributed by atoms with E-state index in [-0.39, 0.29) is 0 Å². The maximum absolute atomic E-state index is 10.2. The largest absolute Gasteiger partial charge is 0.478 e. The second-order valence-electron chi connectivity index (χ2n) is 3.05. The van der Waals surface area contributed by atoms with E-state index >= 15 is 0 Å². The summed E-state index contributed by atoms with van der Waals surface area (Å²) in [7, 11) is 0. The number of aliphatic carboxylic acids is 1. The monoisotopic (exact) mass is 222 g/mol. The van der Waals surface area contributed by atoms with Crippen LogP contribution in [0.1, 0.15) is 12.5 Å². The van der Waals surface area contributed by atoms with Crippen LogP contribution in [0.5, 0.6) is 0 Å². The number of halogens is 1. The van der Waals surface area contributed by atoms with Crippen molar-refractivity contribution in [2.75, 3.05) is 0 Å². The van der Waals surface area contributed by atoms with E-state index in [0.29, 0.717) is 5.02 Å². The molecular formula is C12H11ClO2. The topological polar surface area (TPSA) is 37.3 Å². The van der Waals surface area contributed by atoms with Crippen LogP contribution < -0.4 is 0 Å². The lowest BCUT2D eigenvalue weighted by atomic mass is 10.1. The second-order valence-corrected chi connectivity index (χ2v) is 3.49. The van der Waals surface area contributed by atoms with Crippen molar-refractivity contribution in [3.63, 3.8) is 0 Å². The predicted octanol–water partition coefficient (Wildman–Crippen LogP) is 3.38. The zero-order valence-electron chi connectivity index (χ0n) is 8.27. The van der Waals surface area contributed by atoms with Crippen LogP contribution >= 0.6 is 11.6 Å². The Balaban J connectivity index is 2.80. The molecule has 0 aliphatic carbocycles. The van der Waals surface area contributed by atoms with Gasteiger partial charge in [-0.2, -0.15) is 0 Å². The highest BCUT2D eigenvalue weighted by atomic mass is 35.5. The Morgan fingerprint density at radius 2 is 1.93 bits per heavy atom. The van der Waals surface area contributed by atoms with Crippen molar-refractivity contribution in [3.05, 3.63) is 53.1 Å². The third kappa shape index (κ3) is 4.00. The molecule has 0 atom stereocenters. The minimum atomic E-state index is -0.949. The Morgan fingerprint density at radius 1 is 1.33 bits per heavy atom. The molecule has 0 spiro atoms. The van der Waals surface area contributed by atoms with E-state index in [2.05, 4.69) is 0 Å². The number of carbonyl (C=O) groups is 1. The summed E-state index contributed by atoms with van der Waals surface area (Å²) < 4.78 is 0. The SMILES string of the molecule is C/C(=C/C=C/C(=O)O)c1ccc(Cl)cc1. The summed E-state index contributed by atoms with van der Waals surface area (Å²) in [6.07, 6.45) is 4.35. The van der Waals surface area contributed by atoms with Crippen molar-refractivity contribution in [1.82, 2.24) is 0 Å². The predicted molar refractivity (Wildman–Crippen MR) is 61.9 cm³/mol. The van der Waals surface area contributed by atoms with Gasteiger partial charge in [0.2, 0.25) is 0 Å². The van der Waals surface area contributed by atoms with Gasteiger partial charge in [0.05, 0.1) is 0 Å². The van der Waals surface area contributed by atoms with Crippen molar-refractivity contribution >= 4 is 23.1 Å². The van der Waals surface area contributed by atoms with Gasteiger partial charge in [0, 0.05) is 11.1 Å². The number of benzene rings is 1. The maximum Gasteiger partial charge on any atom is 0.328 e. The standard InChI is InChI=1S/C12H11ClO2/c1-9(3-2-4-12(14)15)10-5-7-11(13)8-6-10/h2-8H,1H3,(H,14,15)/b4-2+,9-3-. The summed E-state index contributed by atoms with van der Waals surface area (Å²) in [5, 5.41) is 9.09. The lowest BCUT2D eigenvalue weighted by Crippen LogP contribution is -1.85. The van der Waals surface area contributed by atoms with Gasteiger partial charge in [-0.25, -0.2) is 4.79 Å². The average Bonchev–Trinajstić information content (AvgIpc) is 2.18. The van der Waals surface area contributed by atoms with Crippen molar-refractivity contribution < 1.29 is 9.90 Å². The van der Waals surface area contributed by atoms with Crippen LogP contribution in [0.3, 0.4) is 0 Å². The summed E-state index contributed by atoms with van der Waals surface area (Å²) in [5.41, 5.74) is 2.01. The quantitative estimate of drug-likeness (QED) is 0.629. The van der Waals surface area contributed by atoms with Gasteiger partial charge in [-0.3, -0.25) is 0 Å². The first-order valence-corrected chi connectivity index (χ1v) is 4.81. The van der Waals surface area contributed by atoms with Gasteiger partial charge >= 0.3 is 5.97 Å². The average molecular weight is 223 g/mol. The van der Waals surface area contributed by atoms with E-state index in [1.807, 2.05) is 19.1 Å². The van der Waals surface area contributed by atoms with Crippen LogP contribution in [-0.4, -0.2) is 11.1 Å². The van der Waals surface area contributed by atoms with Gasteiger partial charge in [0.15, 0.2) is 0 Å². The Morgan fingerprint density at radius 3 is 2.47 bits per heavy atom. The molecule has 0 aliphatic heterocycles. The van der Waals surface area contributed by atoms with Gasteiger partial charge in [0.1, 0.15) is 0 Å². The first kappa shape index (κ1) is 11.5. The number of carboxylic acid groups (broad SMARTS) is 1. The third-order valence-corrected chi connectivity index (χ3v) is 2.14. The zero-order valence-corrected chi connectivity index (χ0v) is 9.03. The number of carboxylic acids is 1. The minimum Gasteiger partial charge on any atom is -0.478 e. The van der Waals surface area contributed by atoms with Crippen LogP contribution in [0.25, 0.3) is 5.57 Å². The van der Waals surface area contributed by atoms with E-state index in [0.717, 1.165) is 17.2 Å². The van der Waals surface area contributed by atoms with Crippen LogP contribution in [0.2, 0.25) is 5.02 Å². The molecule has 3 heteroatoms. The molecule has 78 valence electrons. The number of allylic oxidation sites excluding steroid dienone is 3. The molecule has 1 aromatic carbocycles. The normalized spacial score (nSPS) is 12.0. The first-order chi connectivity index (χ1) is 7.09. The van der Waals surface area contributed by atoms with Crippen LogP contribution in [0.15, 0.2) is 42.5 Å². The van der Waals surface area contributed by atoms with E-state index in [9.17, 15) is 4.79 Å². The highest BCUT2D eigenvalue weighted by Gasteiger charge is 1.94. The van der Waals surface area contributed by atoms with Gasteiger partial charge in [0.25, 0.3) is 0 Å². The molecule has 0 fully saturated rings. The van der Waals surface area contributed by atoms with E-state index < -0.39 is 5.97 Å². The Labute approximate surface area is 93.5 Å². The van der Waals surface area contributed by atoms with Gasteiger partial charge in [-0.15, -0.1) is 0 Å². The smallest absolute Gasteiger partial charge is 0.328 e. The molecule has 0 unspecified atom stereocenters. The fraction of sp³-hybridized carbons (Fsp3) is 0.0833. The molecule has 0 radical (unpaired) electrons. The molecule has 1 aromatic rings. The Bertz CT molecular complexity index is 402. The second kappa shape index (κ2) is 5.37. The lowest BCUT2D eigenvalue weighted by Gasteiger charge is -1.99. The molecule has 0 saturated carbocycles. The molecule has 0 saturated heterocycles. The number of rotatable bonds is 3. The maximum atomic E-state index is 10.2. The first-order valence-electron chi connectivity index (χ1n) is 4.43. The van der Waals surface area contributed by atoms with Crippen molar-refractivity contribution in [3.8, 4) is 0 Å². The fourth-order valence-electron chi connectivity index (χ4n) is 1.08. The van der Waals surface area contributed by atoms with Crippen molar-refractivity contribution in [2.45, 2.75) is 6.92 Å². The van der Waals surface area contributed by atoms with Gasteiger partial charge < -0.3 is 5.11 Å². The molecule has 0 amide bonds. The molecule has 1 N–H and O–H groups in total. The summed E-state index contributed by atoms with van der Waals surface area (Å²) in [6, 6.07) is 7.38. The highest BCUT2D eigenvalue weighted by Crippen LogP contribution is 2.16. The molecule has 15 heavy (non-hydrogen) atoms. The number of hydrogen-bond donors (Lipinski definition) is 1. The molecule has 0 bridgehead atoms. The fourth-order valence-corrected chi connectivity index (χ4v) is 1.21. The summed E-state index contributed by atoms with van der Waals surface area (Å²) in [4.78, 5) is 10.2. The van der Waals surface area contributed by atoms with Crippen molar-refractivity contribution in [1.29, 1.82) is 0 Å². The van der Waals surface area contributed by atoms with E-state index in [1.165, 1.54) is 6.08 Å². The molecular weight excluding hydrogens is 212 g/mol. The van der Waals surface area contributed by atoms with Crippen LogP contribution in [0.4, 0.5) is 0 Å². The molecule has 0 heterocycles. The molecule has 0 aliphatic rings. The van der Waals surface area contributed by atoms with Crippen LogP contribution in [0, 0.1) is 0 Å². The molecule has 1 rings (SSSR count). The van der Waals surface area contributed by atoms with E-state index in [4.69, 9.17) is 16.7 Å². The molecule has 2 nitrogen and oxygen atoms in total. The molecule has 0 aromatic heterocycles. The van der Waals surface area contributed by atoms with Gasteiger partial charge in [-0.1, -0.05) is 35.9 Å². The lowest BCUT2D eigenvalue weighted by molar-refractivity contribution is -0.131. The van der Waals surface area contributed by atoms with Crippen molar-refractivity contribution in [2.24, 2.45) is 0 Å². The highest BCUT2D eigenvalue weighted by molar-refractivity contribution is 6.30. The van der Waals surface area contributed by atoms with Crippen LogP contribution in [-0.2, 0) is 4.79 Å². The summed E-state index contributed by atoms with van der Waals surface area (Å²) in [5.74, 6) is -0.949. The Kier molecular flexibility index (Phi) is 4.13. The Hall–Kier alpha value is -1.54. The summed E-state index contributed by atoms with van der Waals surface area (Å²) >= 11 is 5.75. The number of hydrogen-bond acceptors (Lipinski definition) is 1. The summed E-state index contributed by atoms with van der Waals surface area (Å²) in [6.45, 7) is 1.91. The zero-order chi connectivity index (χ0) is 11.3. The minimum absolute atomic E-state index is 0.688. The third-order valence-electron chi connectivity index (χ3n) is 1.88. The van der Waals surface area contributed by atoms with Gasteiger partial charge in [-0.05, 0) is 30.2 Å². The van der Waals surface area contributed by atoms with E-state index in [1.54, 1.807) is 18.2 Å².